The zero-order chi connectivity index (χ0) is 10.7. The van der Waals surface area contributed by atoms with Crippen LogP contribution in [0.4, 0.5) is 0 Å². The van der Waals surface area contributed by atoms with Crippen molar-refractivity contribution in [2.75, 3.05) is 13.2 Å². The van der Waals surface area contributed by atoms with Crippen LogP contribution in [0.2, 0.25) is 0 Å². The molecule has 0 spiro atoms. The molecule has 2 heterocycles. The van der Waals surface area contributed by atoms with E-state index in [1.807, 2.05) is 18.2 Å². The number of rotatable bonds is 3. The summed E-state index contributed by atoms with van der Waals surface area (Å²) in [5, 5.41) is 0. The van der Waals surface area contributed by atoms with Gasteiger partial charge in [0.05, 0.1) is 19.1 Å². The minimum atomic E-state index is -0.160. The van der Waals surface area contributed by atoms with E-state index in [9.17, 15) is 4.79 Å². The molecule has 2 atom stereocenters. The molecule has 1 aliphatic heterocycles. The standard InChI is InChI=1S/C11H14N2O2/c12-10-7-15-6-9(10)11(14)5-8-3-1-2-4-13-8/h1-4,9-10H,5-7,12H2. The van der Waals surface area contributed by atoms with Crippen LogP contribution in [0.3, 0.4) is 0 Å². The minimum Gasteiger partial charge on any atom is -0.379 e. The largest absolute Gasteiger partial charge is 0.379 e. The Morgan fingerprint density at radius 1 is 1.53 bits per heavy atom. The normalized spacial score (nSPS) is 25.4. The van der Waals surface area contributed by atoms with Gasteiger partial charge in [0.15, 0.2) is 0 Å². The average Bonchev–Trinajstić information content (AvgIpc) is 2.66. The van der Waals surface area contributed by atoms with Crippen LogP contribution in [0.15, 0.2) is 24.4 Å². The van der Waals surface area contributed by atoms with Gasteiger partial charge in [0.1, 0.15) is 5.78 Å². The van der Waals surface area contributed by atoms with Crippen molar-refractivity contribution in [2.24, 2.45) is 11.7 Å². The summed E-state index contributed by atoms with van der Waals surface area (Å²) in [5.41, 5.74) is 6.56. The minimum absolute atomic E-state index is 0.124. The molecule has 0 aliphatic carbocycles. The van der Waals surface area contributed by atoms with Gasteiger partial charge in [-0.25, -0.2) is 0 Å². The van der Waals surface area contributed by atoms with Crippen LogP contribution in [-0.2, 0) is 16.0 Å². The molecule has 2 unspecified atom stereocenters. The van der Waals surface area contributed by atoms with Gasteiger partial charge in [-0.15, -0.1) is 0 Å². The molecule has 1 aromatic heterocycles. The van der Waals surface area contributed by atoms with Crippen LogP contribution in [-0.4, -0.2) is 30.0 Å². The van der Waals surface area contributed by atoms with E-state index in [4.69, 9.17) is 10.5 Å². The lowest BCUT2D eigenvalue weighted by Crippen LogP contribution is -2.34. The van der Waals surface area contributed by atoms with Gasteiger partial charge in [-0.3, -0.25) is 9.78 Å². The molecule has 1 fully saturated rings. The summed E-state index contributed by atoms with van der Waals surface area (Å²) in [5.74, 6) is -0.0364. The number of carbonyl (C=O) groups excluding carboxylic acids is 1. The number of Topliss-reactive ketones (excluding diaryl/α,β-unsaturated/α-hetero) is 1. The topological polar surface area (TPSA) is 65.2 Å². The molecule has 0 aromatic carbocycles. The van der Waals surface area contributed by atoms with Crippen molar-refractivity contribution in [1.29, 1.82) is 0 Å². The first-order valence-electron chi connectivity index (χ1n) is 5.03. The Balaban J connectivity index is 1.98. The molecule has 4 nitrogen and oxygen atoms in total. The Labute approximate surface area is 88.4 Å². The zero-order valence-electron chi connectivity index (χ0n) is 8.43. The van der Waals surface area contributed by atoms with Gasteiger partial charge in [-0.1, -0.05) is 6.07 Å². The van der Waals surface area contributed by atoms with E-state index in [1.54, 1.807) is 6.20 Å². The summed E-state index contributed by atoms with van der Waals surface area (Å²) < 4.78 is 5.16. The van der Waals surface area contributed by atoms with Crippen LogP contribution in [0.1, 0.15) is 5.69 Å². The lowest BCUT2D eigenvalue weighted by Gasteiger charge is -2.10. The molecule has 0 bridgehead atoms. The Hall–Kier alpha value is -1.26. The van der Waals surface area contributed by atoms with E-state index in [2.05, 4.69) is 4.98 Å². The quantitative estimate of drug-likeness (QED) is 0.765. The Morgan fingerprint density at radius 3 is 3.00 bits per heavy atom. The van der Waals surface area contributed by atoms with Gasteiger partial charge in [-0.2, -0.15) is 0 Å². The van der Waals surface area contributed by atoms with Crippen LogP contribution < -0.4 is 5.73 Å². The van der Waals surface area contributed by atoms with Crippen molar-refractivity contribution < 1.29 is 9.53 Å². The first kappa shape index (κ1) is 10.3. The van der Waals surface area contributed by atoms with Crippen molar-refractivity contribution in [3.8, 4) is 0 Å². The van der Waals surface area contributed by atoms with Crippen molar-refractivity contribution in [1.82, 2.24) is 4.98 Å². The predicted octanol–water partition coefficient (Wildman–Crippen LogP) is 0.167. The first-order chi connectivity index (χ1) is 7.27. The van der Waals surface area contributed by atoms with Crippen LogP contribution in [0.5, 0.6) is 0 Å². The number of ketones is 1. The van der Waals surface area contributed by atoms with Gasteiger partial charge >= 0.3 is 0 Å². The highest BCUT2D eigenvalue weighted by Gasteiger charge is 2.30. The van der Waals surface area contributed by atoms with Gasteiger partial charge in [0.2, 0.25) is 0 Å². The number of nitrogens with zero attached hydrogens (tertiary/aromatic N) is 1. The molecule has 2 rings (SSSR count). The van der Waals surface area contributed by atoms with E-state index in [1.165, 1.54) is 0 Å². The molecular formula is C11H14N2O2. The monoisotopic (exact) mass is 206 g/mol. The second-order valence-corrected chi connectivity index (χ2v) is 3.77. The molecule has 0 radical (unpaired) electrons. The highest BCUT2D eigenvalue weighted by molar-refractivity contribution is 5.83. The fraction of sp³-hybridized carbons (Fsp3) is 0.455. The molecule has 1 saturated heterocycles. The van der Waals surface area contributed by atoms with Crippen LogP contribution in [0, 0.1) is 5.92 Å². The van der Waals surface area contributed by atoms with Crippen molar-refractivity contribution in [3.05, 3.63) is 30.1 Å². The summed E-state index contributed by atoms with van der Waals surface area (Å²) in [6, 6.07) is 5.40. The van der Waals surface area contributed by atoms with Crippen molar-refractivity contribution in [2.45, 2.75) is 12.5 Å². The predicted molar refractivity (Wildman–Crippen MR) is 55.2 cm³/mol. The molecule has 15 heavy (non-hydrogen) atoms. The molecule has 80 valence electrons. The summed E-state index contributed by atoms with van der Waals surface area (Å²) in [6.07, 6.45) is 2.04. The molecule has 1 aromatic rings. The van der Waals surface area contributed by atoms with Crippen molar-refractivity contribution >= 4 is 5.78 Å². The van der Waals surface area contributed by atoms with Crippen molar-refractivity contribution in [3.63, 3.8) is 0 Å². The Kier molecular flexibility index (Phi) is 3.08. The molecular weight excluding hydrogens is 192 g/mol. The first-order valence-corrected chi connectivity index (χ1v) is 5.03. The van der Waals surface area contributed by atoms with Gasteiger partial charge in [-0.05, 0) is 12.1 Å². The van der Waals surface area contributed by atoms with E-state index in [0.29, 0.717) is 19.6 Å². The maximum atomic E-state index is 11.8. The third kappa shape index (κ3) is 2.40. The number of nitrogens with two attached hydrogens (primary N) is 1. The summed E-state index contributed by atoms with van der Waals surface area (Å²) in [4.78, 5) is 15.9. The number of pyridine rings is 1. The number of ether oxygens (including phenoxy) is 1. The van der Waals surface area contributed by atoms with E-state index in [0.717, 1.165) is 5.69 Å². The highest BCUT2D eigenvalue weighted by atomic mass is 16.5. The maximum Gasteiger partial charge on any atom is 0.145 e. The Bertz CT molecular complexity index is 340. The molecule has 0 saturated carbocycles. The number of aromatic nitrogens is 1. The molecule has 2 N–H and O–H groups in total. The number of carbonyl (C=O) groups is 1. The molecule has 1 aliphatic rings. The lowest BCUT2D eigenvalue weighted by molar-refractivity contribution is -0.122. The zero-order valence-corrected chi connectivity index (χ0v) is 8.43. The third-order valence-electron chi connectivity index (χ3n) is 2.62. The van der Waals surface area contributed by atoms with Gasteiger partial charge < -0.3 is 10.5 Å². The second kappa shape index (κ2) is 4.51. The van der Waals surface area contributed by atoms with E-state index in [-0.39, 0.29) is 17.7 Å². The van der Waals surface area contributed by atoms with E-state index < -0.39 is 0 Å². The Morgan fingerprint density at radius 2 is 2.40 bits per heavy atom. The summed E-state index contributed by atoms with van der Waals surface area (Å²) in [6.45, 7) is 0.936. The van der Waals surface area contributed by atoms with Crippen LogP contribution in [0.25, 0.3) is 0 Å². The smallest absolute Gasteiger partial charge is 0.145 e. The molecule has 4 heteroatoms. The average molecular weight is 206 g/mol. The van der Waals surface area contributed by atoms with Crippen LogP contribution >= 0.6 is 0 Å². The van der Waals surface area contributed by atoms with Gasteiger partial charge in [0, 0.05) is 24.4 Å². The SMILES string of the molecule is NC1COCC1C(=O)Cc1ccccn1. The lowest BCUT2D eigenvalue weighted by atomic mass is 9.96. The highest BCUT2D eigenvalue weighted by Crippen LogP contribution is 2.14. The fourth-order valence-electron chi connectivity index (χ4n) is 1.71. The number of hydrogen-bond donors (Lipinski definition) is 1. The van der Waals surface area contributed by atoms with Gasteiger partial charge in [0.25, 0.3) is 0 Å². The number of hydrogen-bond acceptors (Lipinski definition) is 4. The third-order valence-corrected chi connectivity index (χ3v) is 2.62. The summed E-state index contributed by atoms with van der Waals surface area (Å²) >= 11 is 0. The van der Waals surface area contributed by atoms with E-state index >= 15 is 0 Å². The summed E-state index contributed by atoms with van der Waals surface area (Å²) in [7, 11) is 0. The molecule has 0 amide bonds. The fourth-order valence-corrected chi connectivity index (χ4v) is 1.71. The maximum absolute atomic E-state index is 11.8. The second-order valence-electron chi connectivity index (χ2n) is 3.77.